The molecule has 1 aromatic carbocycles. The van der Waals surface area contributed by atoms with Crippen molar-refractivity contribution in [2.24, 2.45) is 0 Å². The van der Waals surface area contributed by atoms with Crippen LogP contribution in [0.3, 0.4) is 0 Å². The topological polar surface area (TPSA) is 25.2 Å². The van der Waals surface area contributed by atoms with Gasteiger partial charge in [0.05, 0.1) is 12.8 Å². The van der Waals surface area contributed by atoms with Gasteiger partial charge in [-0.05, 0) is 30.3 Å². The number of halogens is 2. The second kappa shape index (κ2) is 6.73. The first-order chi connectivity index (χ1) is 9.20. The molecule has 2 aromatic rings. The lowest BCUT2D eigenvalue weighted by Gasteiger charge is -2.05. The second-order valence-corrected chi connectivity index (χ2v) is 5.00. The van der Waals surface area contributed by atoms with Crippen LogP contribution in [0.15, 0.2) is 45.9 Å². The SMILES string of the molecule is CCNCc1occc1-c1ccc(SC(F)F)cc1. The van der Waals surface area contributed by atoms with E-state index >= 15 is 0 Å². The Morgan fingerprint density at radius 2 is 1.95 bits per heavy atom. The molecule has 0 radical (unpaired) electrons. The van der Waals surface area contributed by atoms with Crippen molar-refractivity contribution in [3.05, 3.63) is 42.4 Å². The number of rotatable bonds is 6. The summed E-state index contributed by atoms with van der Waals surface area (Å²) in [6.45, 7) is 3.55. The summed E-state index contributed by atoms with van der Waals surface area (Å²) in [5, 5.41) is 3.20. The second-order valence-electron chi connectivity index (χ2n) is 3.94. The molecule has 0 fully saturated rings. The maximum absolute atomic E-state index is 12.2. The Kier molecular flexibility index (Phi) is 4.99. The smallest absolute Gasteiger partial charge is 0.288 e. The third-order valence-corrected chi connectivity index (χ3v) is 3.39. The first kappa shape index (κ1) is 14.1. The van der Waals surface area contributed by atoms with Crippen LogP contribution < -0.4 is 5.32 Å². The highest BCUT2D eigenvalue weighted by atomic mass is 32.2. The molecule has 102 valence electrons. The van der Waals surface area contributed by atoms with E-state index in [9.17, 15) is 8.78 Å². The lowest BCUT2D eigenvalue weighted by atomic mass is 10.1. The Labute approximate surface area is 115 Å². The summed E-state index contributed by atoms with van der Waals surface area (Å²) in [5.41, 5.74) is 1.97. The third kappa shape index (κ3) is 3.81. The number of hydrogen-bond acceptors (Lipinski definition) is 3. The molecular weight excluding hydrogens is 268 g/mol. The summed E-state index contributed by atoms with van der Waals surface area (Å²) in [5.74, 6) is -1.53. The Bertz CT molecular complexity index is 510. The Morgan fingerprint density at radius 1 is 1.21 bits per heavy atom. The van der Waals surface area contributed by atoms with E-state index in [0.29, 0.717) is 23.2 Å². The largest absolute Gasteiger partial charge is 0.467 e. The predicted octanol–water partition coefficient (Wildman–Crippen LogP) is 4.37. The van der Waals surface area contributed by atoms with E-state index in [0.717, 1.165) is 23.4 Å². The van der Waals surface area contributed by atoms with Gasteiger partial charge in [0.25, 0.3) is 5.76 Å². The molecule has 0 atom stereocenters. The van der Waals surface area contributed by atoms with Gasteiger partial charge in [0.15, 0.2) is 0 Å². The first-order valence-corrected chi connectivity index (χ1v) is 6.91. The maximum Gasteiger partial charge on any atom is 0.288 e. The van der Waals surface area contributed by atoms with Crippen LogP contribution in [0.25, 0.3) is 11.1 Å². The van der Waals surface area contributed by atoms with Crippen molar-refractivity contribution in [3.8, 4) is 11.1 Å². The fourth-order valence-electron chi connectivity index (χ4n) is 1.79. The van der Waals surface area contributed by atoms with E-state index in [1.807, 2.05) is 25.1 Å². The molecule has 0 aliphatic carbocycles. The summed E-state index contributed by atoms with van der Waals surface area (Å²) in [7, 11) is 0. The highest BCUT2D eigenvalue weighted by molar-refractivity contribution is 7.99. The van der Waals surface area contributed by atoms with E-state index < -0.39 is 5.76 Å². The van der Waals surface area contributed by atoms with Gasteiger partial charge < -0.3 is 9.73 Å². The summed E-state index contributed by atoms with van der Waals surface area (Å²) < 4.78 is 29.9. The molecule has 1 aromatic heterocycles. The van der Waals surface area contributed by atoms with E-state index in [2.05, 4.69) is 5.32 Å². The molecule has 0 bridgehead atoms. The van der Waals surface area contributed by atoms with Gasteiger partial charge >= 0.3 is 0 Å². The Morgan fingerprint density at radius 3 is 2.58 bits per heavy atom. The zero-order valence-corrected chi connectivity index (χ0v) is 11.3. The van der Waals surface area contributed by atoms with Crippen LogP contribution in [0.4, 0.5) is 8.78 Å². The molecule has 1 heterocycles. The monoisotopic (exact) mass is 283 g/mol. The van der Waals surface area contributed by atoms with Gasteiger partial charge in [0, 0.05) is 10.5 Å². The summed E-state index contributed by atoms with van der Waals surface area (Å²) in [4.78, 5) is 0.565. The Hall–Kier alpha value is -1.33. The molecule has 1 N–H and O–H groups in total. The van der Waals surface area contributed by atoms with Crippen LogP contribution in [0.5, 0.6) is 0 Å². The average molecular weight is 283 g/mol. The molecule has 0 aliphatic rings. The van der Waals surface area contributed by atoms with Crippen LogP contribution in [0, 0.1) is 0 Å². The number of furan rings is 1. The lowest BCUT2D eigenvalue weighted by Crippen LogP contribution is -2.11. The number of alkyl halides is 2. The van der Waals surface area contributed by atoms with Crippen molar-refractivity contribution < 1.29 is 13.2 Å². The number of thioether (sulfide) groups is 1. The molecule has 2 rings (SSSR count). The highest BCUT2D eigenvalue weighted by Crippen LogP contribution is 2.29. The minimum absolute atomic E-state index is 0.553. The molecule has 19 heavy (non-hydrogen) atoms. The van der Waals surface area contributed by atoms with Crippen molar-refractivity contribution in [1.82, 2.24) is 5.32 Å². The van der Waals surface area contributed by atoms with Gasteiger partial charge in [-0.3, -0.25) is 0 Å². The van der Waals surface area contributed by atoms with Crippen LogP contribution in [-0.2, 0) is 6.54 Å². The molecule has 0 saturated heterocycles. The van der Waals surface area contributed by atoms with Crippen molar-refractivity contribution in [2.75, 3.05) is 6.54 Å². The lowest BCUT2D eigenvalue weighted by molar-refractivity contribution is 0.252. The van der Waals surface area contributed by atoms with Crippen LogP contribution in [0.1, 0.15) is 12.7 Å². The number of benzene rings is 1. The molecule has 5 heteroatoms. The average Bonchev–Trinajstić information content (AvgIpc) is 2.85. The molecule has 0 spiro atoms. The third-order valence-electron chi connectivity index (χ3n) is 2.67. The minimum atomic E-state index is -2.39. The van der Waals surface area contributed by atoms with Gasteiger partial charge in [0.1, 0.15) is 5.76 Å². The number of hydrogen-bond donors (Lipinski definition) is 1. The molecular formula is C14H15F2NOS. The Balaban J connectivity index is 2.15. The fraction of sp³-hybridized carbons (Fsp3) is 0.286. The molecule has 0 amide bonds. The van der Waals surface area contributed by atoms with Crippen LogP contribution in [0.2, 0.25) is 0 Å². The quantitative estimate of drug-likeness (QED) is 0.797. The first-order valence-electron chi connectivity index (χ1n) is 6.03. The normalized spacial score (nSPS) is 11.2. The summed E-state index contributed by atoms with van der Waals surface area (Å²) in [6, 6.07) is 8.98. The van der Waals surface area contributed by atoms with E-state index in [-0.39, 0.29) is 0 Å². The van der Waals surface area contributed by atoms with Gasteiger partial charge in [-0.15, -0.1) is 0 Å². The van der Waals surface area contributed by atoms with Gasteiger partial charge in [0.2, 0.25) is 0 Å². The summed E-state index contributed by atoms with van der Waals surface area (Å²) >= 11 is 0.553. The fourth-order valence-corrected chi connectivity index (χ4v) is 2.29. The van der Waals surface area contributed by atoms with Crippen molar-refractivity contribution in [2.45, 2.75) is 24.1 Å². The minimum Gasteiger partial charge on any atom is -0.467 e. The summed E-state index contributed by atoms with van der Waals surface area (Å²) in [6.07, 6.45) is 1.64. The van der Waals surface area contributed by atoms with Crippen molar-refractivity contribution in [1.29, 1.82) is 0 Å². The molecule has 2 nitrogen and oxygen atoms in total. The zero-order chi connectivity index (χ0) is 13.7. The van der Waals surface area contributed by atoms with Gasteiger partial charge in [-0.1, -0.05) is 30.8 Å². The van der Waals surface area contributed by atoms with E-state index in [4.69, 9.17) is 4.42 Å². The zero-order valence-electron chi connectivity index (χ0n) is 10.5. The van der Waals surface area contributed by atoms with E-state index in [1.54, 1.807) is 18.4 Å². The van der Waals surface area contributed by atoms with E-state index in [1.165, 1.54) is 0 Å². The molecule has 0 saturated carbocycles. The van der Waals surface area contributed by atoms with Crippen molar-refractivity contribution in [3.63, 3.8) is 0 Å². The van der Waals surface area contributed by atoms with Crippen LogP contribution >= 0.6 is 11.8 Å². The molecule has 0 unspecified atom stereocenters. The molecule has 0 aliphatic heterocycles. The maximum atomic E-state index is 12.2. The predicted molar refractivity (Wildman–Crippen MR) is 73.4 cm³/mol. The van der Waals surface area contributed by atoms with Crippen LogP contribution in [-0.4, -0.2) is 12.3 Å². The highest BCUT2D eigenvalue weighted by Gasteiger charge is 2.09. The number of nitrogens with one attached hydrogen (secondary N) is 1. The van der Waals surface area contributed by atoms with Gasteiger partial charge in [-0.25, -0.2) is 0 Å². The standard InChI is InChI=1S/C14H15F2NOS/c1-2-17-9-13-12(7-8-18-13)10-3-5-11(6-4-10)19-14(15)16/h3-8,14,17H,2,9H2,1H3. The van der Waals surface area contributed by atoms with Crippen molar-refractivity contribution >= 4 is 11.8 Å². The van der Waals surface area contributed by atoms with Gasteiger partial charge in [-0.2, -0.15) is 8.78 Å².